The van der Waals surface area contributed by atoms with Crippen LogP contribution < -0.4 is 5.32 Å². The van der Waals surface area contributed by atoms with Crippen LogP contribution in [0.3, 0.4) is 0 Å². The molecular formula is C10H12N4OS. The summed E-state index contributed by atoms with van der Waals surface area (Å²) in [6.45, 7) is 2.28. The molecule has 2 aromatic rings. The lowest BCUT2D eigenvalue weighted by atomic mass is 10.2. The van der Waals surface area contributed by atoms with Crippen LogP contribution in [0.15, 0.2) is 17.5 Å². The van der Waals surface area contributed by atoms with E-state index in [2.05, 4.69) is 20.5 Å². The second-order valence-electron chi connectivity index (χ2n) is 3.60. The van der Waals surface area contributed by atoms with Crippen molar-refractivity contribution in [3.8, 4) is 10.7 Å². The highest BCUT2D eigenvalue weighted by atomic mass is 32.1. The second kappa shape index (κ2) is 4.32. The van der Waals surface area contributed by atoms with Crippen LogP contribution >= 0.6 is 11.3 Å². The summed E-state index contributed by atoms with van der Waals surface area (Å²) in [6, 6.07) is 4.15. The third-order valence-electron chi connectivity index (χ3n) is 2.50. The Morgan fingerprint density at radius 3 is 3.25 bits per heavy atom. The number of morpholine rings is 1. The zero-order valence-corrected chi connectivity index (χ0v) is 9.46. The molecule has 1 unspecified atom stereocenters. The molecule has 16 heavy (non-hydrogen) atoms. The quantitative estimate of drug-likeness (QED) is 0.822. The summed E-state index contributed by atoms with van der Waals surface area (Å²) in [4.78, 5) is 5.56. The van der Waals surface area contributed by atoms with Gasteiger partial charge in [-0.3, -0.25) is 5.10 Å². The number of H-pyrrole nitrogens is 1. The fraction of sp³-hybridized carbons (Fsp3) is 0.400. The van der Waals surface area contributed by atoms with Crippen molar-refractivity contribution in [2.75, 3.05) is 19.8 Å². The van der Waals surface area contributed by atoms with Crippen LogP contribution in [0.2, 0.25) is 0 Å². The van der Waals surface area contributed by atoms with Gasteiger partial charge in [0.15, 0.2) is 5.82 Å². The summed E-state index contributed by atoms with van der Waals surface area (Å²) in [5.74, 6) is 1.61. The van der Waals surface area contributed by atoms with E-state index in [0.29, 0.717) is 6.61 Å². The van der Waals surface area contributed by atoms with Gasteiger partial charge in [-0.05, 0) is 11.4 Å². The predicted octanol–water partition coefficient (Wildman–Crippen LogP) is 1.19. The molecule has 2 N–H and O–H groups in total. The Balaban J connectivity index is 1.82. The van der Waals surface area contributed by atoms with Crippen LogP contribution in [-0.2, 0) is 4.74 Å². The standard InChI is InChI=1S/C10H12N4OS/c1-2-8(16-5-1)10-12-9(13-14-10)7-6-15-4-3-11-7/h1-2,5,7,11H,3-4,6H2,(H,12,13,14). The lowest BCUT2D eigenvalue weighted by Gasteiger charge is -2.21. The molecule has 3 rings (SSSR count). The van der Waals surface area contributed by atoms with Gasteiger partial charge in [-0.2, -0.15) is 5.10 Å². The number of nitrogens with zero attached hydrogens (tertiary/aromatic N) is 2. The summed E-state index contributed by atoms with van der Waals surface area (Å²) < 4.78 is 5.39. The van der Waals surface area contributed by atoms with Crippen molar-refractivity contribution in [2.24, 2.45) is 0 Å². The van der Waals surface area contributed by atoms with Crippen LogP contribution in [0.25, 0.3) is 10.7 Å². The summed E-state index contributed by atoms with van der Waals surface area (Å²) in [5.41, 5.74) is 0. The Labute approximate surface area is 96.9 Å². The molecule has 0 spiro atoms. The maximum atomic E-state index is 5.39. The minimum atomic E-state index is 0.134. The van der Waals surface area contributed by atoms with E-state index >= 15 is 0 Å². The van der Waals surface area contributed by atoms with Crippen molar-refractivity contribution in [3.05, 3.63) is 23.3 Å². The van der Waals surface area contributed by atoms with Crippen molar-refractivity contribution >= 4 is 11.3 Å². The molecule has 0 aromatic carbocycles. The number of aromatic amines is 1. The molecule has 1 atom stereocenters. The molecule has 0 aliphatic carbocycles. The molecule has 0 radical (unpaired) electrons. The molecule has 3 heterocycles. The van der Waals surface area contributed by atoms with E-state index in [9.17, 15) is 0 Å². The molecule has 6 heteroatoms. The second-order valence-corrected chi connectivity index (χ2v) is 4.55. The Morgan fingerprint density at radius 1 is 1.50 bits per heavy atom. The van der Waals surface area contributed by atoms with Gasteiger partial charge < -0.3 is 10.1 Å². The van der Waals surface area contributed by atoms with E-state index in [1.807, 2.05) is 17.5 Å². The first-order valence-corrected chi connectivity index (χ1v) is 6.09. The van der Waals surface area contributed by atoms with E-state index in [1.54, 1.807) is 11.3 Å². The molecule has 1 saturated heterocycles. The zero-order chi connectivity index (χ0) is 10.8. The maximum absolute atomic E-state index is 5.39. The van der Waals surface area contributed by atoms with Crippen molar-refractivity contribution in [2.45, 2.75) is 6.04 Å². The van der Waals surface area contributed by atoms with Crippen LogP contribution in [0.4, 0.5) is 0 Å². The Kier molecular flexibility index (Phi) is 2.69. The highest BCUT2D eigenvalue weighted by Crippen LogP contribution is 2.22. The molecular weight excluding hydrogens is 224 g/mol. The van der Waals surface area contributed by atoms with Gasteiger partial charge in [0.25, 0.3) is 0 Å². The molecule has 1 aliphatic rings. The van der Waals surface area contributed by atoms with Gasteiger partial charge in [-0.15, -0.1) is 11.3 Å². The highest BCUT2D eigenvalue weighted by Gasteiger charge is 2.19. The fourth-order valence-corrected chi connectivity index (χ4v) is 2.34. The Bertz CT molecular complexity index is 447. The number of hydrogen-bond acceptors (Lipinski definition) is 5. The summed E-state index contributed by atoms with van der Waals surface area (Å²) >= 11 is 1.64. The minimum Gasteiger partial charge on any atom is -0.378 e. The predicted molar refractivity (Wildman–Crippen MR) is 61.3 cm³/mol. The third kappa shape index (κ3) is 1.87. The van der Waals surface area contributed by atoms with Gasteiger partial charge in [0.1, 0.15) is 5.82 Å². The van der Waals surface area contributed by atoms with E-state index in [-0.39, 0.29) is 6.04 Å². The first-order chi connectivity index (χ1) is 7.93. The summed E-state index contributed by atoms with van der Waals surface area (Å²) in [6.07, 6.45) is 0. The number of rotatable bonds is 2. The lowest BCUT2D eigenvalue weighted by Crippen LogP contribution is -2.35. The van der Waals surface area contributed by atoms with E-state index < -0.39 is 0 Å². The van der Waals surface area contributed by atoms with Gasteiger partial charge >= 0.3 is 0 Å². The average Bonchev–Trinajstić information content (AvgIpc) is 3.01. The molecule has 0 amide bonds. The van der Waals surface area contributed by atoms with Crippen molar-refractivity contribution in [1.29, 1.82) is 0 Å². The third-order valence-corrected chi connectivity index (χ3v) is 3.36. The van der Waals surface area contributed by atoms with E-state index in [4.69, 9.17) is 4.74 Å². The van der Waals surface area contributed by atoms with Crippen LogP contribution in [-0.4, -0.2) is 34.9 Å². The molecule has 1 aliphatic heterocycles. The van der Waals surface area contributed by atoms with Gasteiger partial charge in [-0.1, -0.05) is 6.07 Å². The van der Waals surface area contributed by atoms with Crippen molar-refractivity contribution in [3.63, 3.8) is 0 Å². The van der Waals surface area contributed by atoms with E-state index in [1.165, 1.54) is 0 Å². The highest BCUT2D eigenvalue weighted by molar-refractivity contribution is 7.13. The Hall–Kier alpha value is -1.24. The topological polar surface area (TPSA) is 62.8 Å². The van der Waals surface area contributed by atoms with Crippen LogP contribution in [0.5, 0.6) is 0 Å². The minimum absolute atomic E-state index is 0.134. The van der Waals surface area contributed by atoms with E-state index in [0.717, 1.165) is 29.7 Å². The smallest absolute Gasteiger partial charge is 0.191 e. The fourth-order valence-electron chi connectivity index (χ4n) is 1.69. The normalized spacial score (nSPS) is 21.1. The maximum Gasteiger partial charge on any atom is 0.191 e. The SMILES string of the molecule is c1csc(-c2n[nH]c(C3COCCN3)n2)c1. The molecule has 2 aromatic heterocycles. The largest absolute Gasteiger partial charge is 0.378 e. The molecule has 0 bridgehead atoms. The number of ether oxygens (including phenoxy) is 1. The average molecular weight is 236 g/mol. The summed E-state index contributed by atoms with van der Waals surface area (Å²) in [7, 11) is 0. The molecule has 1 fully saturated rings. The first-order valence-electron chi connectivity index (χ1n) is 5.21. The number of nitrogens with one attached hydrogen (secondary N) is 2. The monoisotopic (exact) mass is 236 g/mol. The zero-order valence-electron chi connectivity index (χ0n) is 8.64. The van der Waals surface area contributed by atoms with Crippen LogP contribution in [0.1, 0.15) is 11.9 Å². The lowest BCUT2D eigenvalue weighted by molar-refractivity contribution is 0.0743. The van der Waals surface area contributed by atoms with Gasteiger partial charge in [0.05, 0.1) is 24.1 Å². The van der Waals surface area contributed by atoms with Gasteiger partial charge in [-0.25, -0.2) is 4.98 Å². The van der Waals surface area contributed by atoms with Gasteiger partial charge in [0, 0.05) is 6.54 Å². The summed E-state index contributed by atoms with van der Waals surface area (Å²) in [5, 5.41) is 12.5. The van der Waals surface area contributed by atoms with Crippen molar-refractivity contribution < 1.29 is 4.74 Å². The van der Waals surface area contributed by atoms with Crippen molar-refractivity contribution in [1.82, 2.24) is 20.5 Å². The number of aromatic nitrogens is 3. The number of hydrogen-bond donors (Lipinski definition) is 2. The van der Waals surface area contributed by atoms with Crippen LogP contribution in [0, 0.1) is 0 Å². The molecule has 84 valence electrons. The molecule has 0 saturated carbocycles. The van der Waals surface area contributed by atoms with Gasteiger partial charge in [0.2, 0.25) is 0 Å². The molecule has 5 nitrogen and oxygen atoms in total. The Morgan fingerprint density at radius 2 is 2.50 bits per heavy atom. The first kappa shape index (κ1) is 9.95. The number of thiophene rings is 1.